The number of rotatable bonds is 4. The third-order valence-corrected chi connectivity index (χ3v) is 3.67. The number of benzene rings is 1. The number of nitrogens with one attached hydrogen (secondary N) is 1. The van der Waals surface area contributed by atoms with E-state index in [1.807, 2.05) is 0 Å². The zero-order chi connectivity index (χ0) is 15.6. The molecule has 7 heteroatoms. The molecule has 6 nitrogen and oxygen atoms in total. The molecular formula is C14H19FN4O2. The standard InChI is InChI=1S/C14H19FN4O2/c1-9(8-16)18(2)13(20)11-7-10(3-4-12(11)15)19-6-5-17-14(19)21/h3-4,7,9H,5-6,8,16H2,1-2H3,(H,17,21). The largest absolute Gasteiger partial charge is 0.338 e. The van der Waals surface area contributed by atoms with Crippen LogP contribution in [0.1, 0.15) is 17.3 Å². The summed E-state index contributed by atoms with van der Waals surface area (Å²) in [4.78, 5) is 26.8. The number of halogens is 1. The van der Waals surface area contributed by atoms with Crippen LogP contribution in [0, 0.1) is 5.82 Å². The van der Waals surface area contributed by atoms with Crippen molar-refractivity contribution in [3.05, 3.63) is 29.6 Å². The summed E-state index contributed by atoms with van der Waals surface area (Å²) in [5.41, 5.74) is 5.97. The van der Waals surface area contributed by atoms with Gasteiger partial charge in [0.25, 0.3) is 5.91 Å². The van der Waals surface area contributed by atoms with Crippen molar-refractivity contribution in [2.24, 2.45) is 5.73 Å². The van der Waals surface area contributed by atoms with E-state index < -0.39 is 11.7 Å². The fourth-order valence-electron chi connectivity index (χ4n) is 2.11. The van der Waals surface area contributed by atoms with Gasteiger partial charge in [0, 0.05) is 38.4 Å². The molecule has 1 aliphatic rings. The predicted molar refractivity (Wildman–Crippen MR) is 77.8 cm³/mol. The quantitative estimate of drug-likeness (QED) is 0.861. The van der Waals surface area contributed by atoms with Crippen molar-refractivity contribution in [2.75, 3.05) is 31.6 Å². The Morgan fingerprint density at radius 2 is 2.29 bits per heavy atom. The van der Waals surface area contributed by atoms with Crippen LogP contribution in [0.5, 0.6) is 0 Å². The lowest BCUT2D eigenvalue weighted by molar-refractivity contribution is 0.0743. The molecule has 1 aliphatic heterocycles. The van der Waals surface area contributed by atoms with Crippen LogP contribution in [-0.4, -0.2) is 49.6 Å². The van der Waals surface area contributed by atoms with Gasteiger partial charge in [-0.1, -0.05) is 0 Å². The van der Waals surface area contributed by atoms with Gasteiger partial charge in [-0.2, -0.15) is 0 Å². The molecule has 1 atom stereocenters. The number of anilines is 1. The molecule has 2 rings (SSSR count). The van der Waals surface area contributed by atoms with Gasteiger partial charge in [-0.3, -0.25) is 9.69 Å². The summed E-state index contributed by atoms with van der Waals surface area (Å²) in [5, 5.41) is 2.66. The smallest absolute Gasteiger partial charge is 0.321 e. The van der Waals surface area contributed by atoms with E-state index in [1.54, 1.807) is 14.0 Å². The minimum Gasteiger partial charge on any atom is -0.338 e. The van der Waals surface area contributed by atoms with Crippen LogP contribution in [-0.2, 0) is 0 Å². The maximum atomic E-state index is 13.9. The van der Waals surface area contributed by atoms with Crippen LogP contribution in [0.3, 0.4) is 0 Å². The van der Waals surface area contributed by atoms with Gasteiger partial charge < -0.3 is 16.0 Å². The molecule has 0 radical (unpaired) electrons. The van der Waals surface area contributed by atoms with Crippen molar-refractivity contribution in [2.45, 2.75) is 13.0 Å². The topological polar surface area (TPSA) is 78.7 Å². The van der Waals surface area contributed by atoms with Gasteiger partial charge in [0.2, 0.25) is 0 Å². The third-order valence-electron chi connectivity index (χ3n) is 3.67. The van der Waals surface area contributed by atoms with Gasteiger partial charge in [0.05, 0.1) is 5.56 Å². The maximum Gasteiger partial charge on any atom is 0.321 e. The number of urea groups is 1. The van der Waals surface area contributed by atoms with E-state index in [4.69, 9.17) is 5.73 Å². The summed E-state index contributed by atoms with van der Waals surface area (Å²) in [6, 6.07) is 3.65. The summed E-state index contributed by atoms with van der Waals surface area (Å²) in [5.74, 6) is -1.06. The molecule has 0 aromatic heterocycles. The molecule has 3 N–H and O–H groups in total. The normalized spacial score (nSPS) is 15.8. The summed E-state index contributed by atoms with van der Waals surface area (Å²) in [7, 11) is 1.58. The number of nitrogens with two attached hydrogens (primary N) is 1. The van der Waals surface area contributed by atoms with Crippen molar-refractivity contribution in [1.29, 1.82) is 0 Å². The Morgan fingerprint density at radius 1 is 1.57 bits per heavy atom. The number of nitrogens with zero attached hydrogens (tertiary/aromatic N) is 2. The Morgan fingerprint density at radius 3 is 2.86 bits per heavy atom. The monoisotopic (exact) mass is 294 g/mol. The van der Waals surface area contributed by atoms with E-state index in [9.17, 15) is 14.0 Å². The highest BCUT2D eigenvalue weighted by atomic mass is 19.1. The van der Waals surface area contributed by atoms with Gasteiger partial charge in [-0.15, -0.1) is 0 Å². The van der Waals surface area contributed by atoms with Crippen LogP contribution >= 0.6 is 0 Å². The first-order valence-electron chi connectivity index (χ1n) is 6.78. The molecule has 1 unspecified atom stereocenters. The minimum absolute atomic E-state index is 0.0602. The van der Waals surface area contributed by atoms with E-state index in [2.05, 4.69) is 5.32 Å². The van der Waals surface area contributed by atoms with Gasteiger partial charge in [0.15, 0.2) is 0 Å². The van der Waals surface area contributed by atoms with Gasteiger partial charge >= 0.3 is 6.03 Å². The van der Waals surface area contributed by atoms with Crippen molar-refractivity contribution >= 4 is 17.6 Å². The van der Waals surface area contributed by atoms with Crippen molar-refractivity contribution in [3.8, 4) is 0 Å². The molecule has 0 bridgehead atoms. The molecular weight excluding hydrogens is 275 g/mol. The molecule has 21 heavy (non-hydrogen) atoms. The Bertz CT molecular complexity index is 564. The number of hydrogen-bond donors (Lipinski definition) is 2. The minimum atomic E-state index is -0.612. The lowest BCUT2D eigenvalue weighted by atomic mass is 10.1. The zero-order valence-electron chi connectivity index (χ0n) is 12.1. The number of carbonyl (C=O) groups is 2. The molecule has 1 saturated heterocycles. The van der Waals surface area contributed by atoms with E-state index in [1.165, 1.54) is 28.0 Å². The summed E-state index contributed by atoms with van der Waals surface area (Å²) >= 11 is 0. The molecule has 1 fully saturated rings. The average Bonchev–Trinajstić information content (AvgIpc) is 2.91. The molecule has 0 spiro atoms. The van der Waals surface area contributed by atoms with Gasteiger partial charge in [-0.05, 0) is 25.1 Å². The molecule has 114 valence electrons. The number of hydrogen-bond acceptors (Lipinski definition) is 3. The molecule has 1 aromatic rings. The summed E-state index contributed by atoms with van der Waals surface area (Å²) < 4.78 is 13.9. The summed E-state index contributed by atoms with van der Waals surface area (Å²) in [6.07, 6.45) is 0. The Kier molecular flexibility index (Phi) is 4.42. The summed E-state index contributed by atoms with van der Waals surface area (Å²) in [6.45, 7) is 3.10. The highest BCUT2D eigenvalue weighted by molar-refractivity contribution is 5.98. The highest BCUT2D eigenvalue weighted by Gasteiger charge is 2.25. The Balaban J connectivity index is 2.31. The average molecular weight is 294 g/mol. The van der Waals surface area contributed by atoms with E-state index in [0.717, 1.165) is 0 Å². The van der Waals surface area contributed by atoms with Crippen LogP contribution < -0.4 is 16.0 Å². The maximum absolute atomic E-state index is 13.9. The fraction of sp³-hybridized carbons (Fsp3) is 0.429. The van der Waals surface area contributed by atoms with Gasteiger partial charge in [0.1, 0.15) is 5.82 Å². The lowest BCUT2D eigenvalue weighted by Crippen LogP contribution is -2.40. The van der Waals surface area contributed by atoms with Crippen LogP contribution in [0.15, 0.2) is 18.2 Å². The second-order valence-electron chi connectivity index (χ2n) is 5.05. The predicted octanol–water partition coefficient (Wildman–Crippen LogP) is 0.775. The third kappa shape index (κ3) is 2.97. The van der Waals surface area contributed by atoms with Crippen LogP contribution in [0.4, 0.5) is 14.9 Å². The van der Waals surface area contributed by atoms with Crippen molar-refractivity contribution in [1.82, 2.24) is 10.2 Å². The van der Waals surface area contributed by atoms with E-state index in [-0.39, 0.29) is 24.2 Å². The van der Waals surface area contributed by atoms with Gasteiger partial charge in [-0.25, -0.2) is 9.18 Å². The first-order valence-corrected chi connectivity index (χ1v) is 6.78. The SMILES string of the molecule is CC(CN)N(C)C(=O)c1cc(N2CCNC2=O)ccc1F. The van der Waals surface area contributed by atoms with E-state index in [0.29, 0.717) is 18.8 Å². The van der Waals surface area contributed by atoms with Crippen molar-refractivity contribution in [3.63, 3.8) is 0 Å². The highest BCUT2D eigenvalue weighted by Crippen LogP contribution is 2.22. The Labute approximate surface area is 122 Å². The second kappa shape index (κ2) is 6.09. The first kappa shape index (κ1) is 15.2. The Hall–Kier alpha value is -2.15. The molecule has 3 amide bonds. The lowest BCUT2D eigenvalue weighted by Gasteiger charge is -2.24. The molecule has 0 saturated carbocycles. The molecule has 1 heterocycles. The molecule has 1 aromatic carbocycles. The number of likely N-dealkylation sites (N-methyl/N-ethyl adjacent to an activating group) is 1. The zero-order valence-corrected chi connectivity index (χ0v) is 12.1. The van der Waals surface area contributed by atoms with Crippen molar-refractivity contribution < 1.29 is 14.0 Å². The number of amides is 3. The second-order valence-corrected chi connectivity index (χ2v) is 5.05. The fourth-order valence-corrected chi connectivity index (χ4v) is 2.11. The first-order chi connectivity index (χ1) is 9.95. The van der Waals surface area contributed by atoms with Crippen LogP contribution in [0.2, 0.25) is 0 Å². The van der Waals surface area contributed by atoms with E-state index >= 15 is 0 Å². The number of carbonyl (C=O) groups excluding carboxylic acids is 2. The van der Waals surface area contributed by atoms with Crippen LogP contribution in [0.25, 0.3) is 0 Å². The molecule has 0 aliphatic carbocycles.